The Morgan fingerprint density at radius 3 is 2.33 bits per heavy atom. The van der Waals surface area contributed by atoms with E-state index in [0.717, 1.165) is 11.1 Å². The van der Waals surface area contributed by atoms with Crippen LogP contribution in [-0.4, -0.2) is 12.1 Å². The summed E-state index contributed by atoms with van der Waals surface area (Å²) in [6, 6.07) is 5.50. The molecule has 0 aromatic heterocycles. The van der Waals surface area contributed by atoms with Gasteiger partial charge in [-0.05, 0) is 51.0 Å². The second-order valence-corrected chi connectivity index (χ2v) is 3.76. The highest BCUT2D eigenvalue weighted by Gasteiger charge is 2.06. The Bertz CT molecular complexity index is 338. The van der Waals surface area contributed by atoms with Crippen molar-refractivity contribution in [2.75, 3.05) is 0 Å². The summed E-state index contributed by atoms with van der Waals surface area (Å²) in [5.41, 5.74) is 2.14. The predicted molar refractivity (Wildman–Crippen MR) is 59.9 cm³/mol. The third-order valence-corrected chi connectivity index (χ3v) is 1.77. The molecule has 1 N–H and O–H groups in total. The molecule has 0 fully saturated rings. The summed E-state index contributed by atoms with van der Waals surface area (Å²) in [5.74, 6) is 0.561. The Hall–Kier alpha value is -1.51. The van der Waals surface area contributed by atoms with Gasteiger partial charge in [0.2, 0.25) is 0 Å². The molecule has 81 valence electrons. The number of aryl methyl sites for hydroxylation is 2. The van der Waals surface area contributed by atoms with Crippen LogP contribution in [0.4, 0.5) is 4.79 Å². The fraction of sp³-hybridized carbons (Fsp3) is 0.333. The van der Waals surface area contributed by atoms with Crippen LogP contribution in [0.25, 0.3) is 0 Å². The van der Waals surface area contributed by atoms with Crippen LogP contribution in [0.3, 0.4) is 0 Å². The average Bonchev–Trinajstić information content (AvgIpc) is 1.98. The van der Waals surface area contributed by atoms with E-state index in [1.807, 2.05) is 32.0 Å². The summed E-state index contributed by atoms with van der Waals surface area (Å²) < 4.78 is 5.10. The first-order valence-corrected chi connectivity index (χ1v) is 4.87. The molecule has 0 aliphatic carbocycles. The van der Waals surface area contributed by atoms with Gasteiger partial charge in [0.15, 0.2) is 0 Å². The molecule has 1 aromatic carbocycles. The second-order valence-electron chi connectivity index (χ2n) is 3.76. The predicted octanol–water partition coefficient (Wildman–Crippen LogP) is 2.61. The van der Waals surface area contributed by atoms with E-state index in [4.69, 9.17) is 4.74 Å². The van der Waals surface area contributed by atoms with Crippen molar-refractivity contribution >= 4 is 6.09 Å². The summed E-state index contributed by atoms with van der Waals surface area (Å²) in [6.07, 6.45) is -0.470. The molecule has 1 radical (unpaired) electrons. The van der Waals surface area contributed by atoms with E-state index in [9.17, 15) is 4.79 Å². The van der Waals surface area contributed by atoms with Gasteiger partial charge in [0.25, 0.3) is 0 Å². The Morgan fingerprint density at radius 2 is 1.87 bits per heavy atom. The molecule has 1 amide bonds. The number of hydrogen-bond donors (Lipinski definition) is 1. The lowest BCUT2D eigenvalue weighted by molar-refractivity contribution is 0.198. The number of carbonyl (C=O) groups excluding carboxylic acids is 1. The lowest BCUT2D eigenvalue weighted by Gasteiger charge is -2.09. The van der Waals surface area contributed by atoms with Gasteiger partial charge >= 0.3 is 6.09 Å². The average molecular weight is 206 g/mol. The highest BCUT2D eigenvalue weighted by Crippen LogP contribution is 2.16. The third kappa shape index (κ3) is 4.02. The van der Waals surface area contributed by atoms with Crippen LogP contribution in [0.1, 0.15) is 18.1 Å². The van der Waals surface area contributed by atoms with E-state index >= 15 is 0 Å². The van der Waals surface area contributed by atoms with Gasteiger partial charge in [-0.1, -0.05) is 6.07 Å². The van der Waals surface area contributed by atoms with Crippen molar-refractivity contribution in [1.29, 1.82) is 0 Å². The first-order valence-electron chi connectivity index (χ1n) is 4.87. The first-order chi connectivity index (χ1) is 6.97. The van der Waals surface area contributed by atoms with Crippen molar-refractivity contribution in [3.63, 3.8) is 0 Å². The monoisotopic (exact) mass is 206 g/mol. The minimum Gasteiger partial charge on any atom is -0.410 e. The summed E-state index contributed by atoms with van der Waals surface area (Å²) in [5, 5.41) is 2.56. The number of carbonyl (C=O) groups is 1. The van der Waals surface area contributed by atoms with Crippen molar-refractivity contribution in [2.24, 2.45) is 0 Å². The van der Waals surface area contributed by atoms with Gasteiger partial charge in [-0.25, -0.2) is 4.79 Å². The smallest absolute Gasteiger partial charge is 0.410 e. The Kier molecular flexibility index (Phi) is 3.72. The molecule has 0 bridgehead atoms. The van der Waals surface area contributed by atoms with Gasteiger partial charge in [0.1, 0.15) is 5.75 Å². The van der Waals surface area contributed by atoms with Crippen LogP contribution in [-0.2, 0) is 0 Å². The molecule has 0 aliphatic heterocycles. The van der Waals surface area contributed by atoms with E-state index in [2.05, 4.69) is 12.2 Å². The van der Waals surface area contributed by atoms with E-state index in [1.165, 1.54) is 0 Å². The SMILES string of the molecule is [CH2]C(C)NC(=O)Oc1cc(C)cc(C)c1. The third-order valence-electron chi connectivity index (χ3n) is 1.77. The maximum Gasteiger partial charge on any atom is 0.412 e. The van der Waals surface area contributed by atoms with Gasteiger partial charge in [0, 0.05) is 6.04 Å². The number of hydrogen-bond acceptors (Lipinski definition) is 2. The van der Waals surface area contributed by atoms with E-state index in [0.29, 0.717) is 5.75 Å². The van der Waals surface area contributed by atoms with Gasteiger partial charge < -0.3 is 10.1 Å². The van der Waals surface area contributed by atoms with Crippen molar-refractivity contribution in [3.05, 3.63) is 36.2 Å². The molecule has 1 unspecified atom stereocenters. The maximum atomic E-state index is 11.3. The van der Waals surface area contributed by atoms with Crippen LogP contribution >= 0.6 is 0 Å². The van der Waals surface area contributed by atoms with Crippen molar-refractivity contribution in [3.8, 4) is 5.75 Å². The largest absolute Gasteiger partial charge is 0.412 e. The molecule has 0 saturated heterocycles. The molecular weight excluding hydrogens is 190 g/mol. The zero-order valence-corrected chi connectivity index (χ0v) is 9.33. The van der Waals surface area contributed by atoms with E-state index in [-0.39, 0.29) is 6.04 Å². The topological polar surface area (TPSA) is 38.3 Å². The van der Waals surface area contributed by atoms with Crippen molar-refractivity contribution < 1.29 is 9.53 Å². The molecule has 1 aromatic rings. The van der Waals surface area contributed by atoms with Gasteiger partial charge in [-0.2, -0.15) is 0 Å². The summed E-state index contributed by atoms with van der Waals surface area (Å²) in [6.45, 7) is 9.34. The number of nitrogens with one attached hydrogen (secondary N) is 1. The van der Waals surface area contributed by atoms with Crippen LogP contribution < -0.4 is 10.1 Å². The van der Waals surface area contributed by atoms with E-state index < -0.39 is 6.09 Å². The Balaban J connectivity index is 2.68. The summed E-state index contributed by atoms with van der Waals surface area (Å²) in [4.78, 5) is 11.3. The van der Waals surface area contributed by atoms with Crippen LogP contribution in [0, 0.1) is 20.8 Å². The van der Waals surface area contributed by atoms with Crippen LogP contribution in [0.15, 0.2) is 18.2 Å². The zero-order valence-electron chi connectivity index (χ0n) is 9.33. The van der Waals surface area contributed by atoms with Crippen LogP contribution in [0.5, 0.6) is 5.75 Å². The highest BCUT2D eigenvalue weighted by atomic mass is 16.6. The first kappa shape index (κ1) is 11.6. The fourth-order valence-corrected chi connectivity index (χ4v) is 1.33. The molecule has 3 nitrogen and oxygen atoms in total. The maximum absolute atomic E-state index is 11.3. The summed E-state index contributed by atoms with van der Waals surface area (Å²) in [7, 11) is 0. The molecule has 0 saturated carbocycles. The molecule has 1 atom stereocenters. The summed E-state index contributed by atoms with van der Waals surface area (Å²) >= 11 is 0. The molecule has 1 rings (SSSR count). The zero-order chi connectivity index (χ0) is 11.4. The molecule has 15 heavy (non-hydrogen) atoms. The molecule has 0 aliphatic rings. The van der Waals surface area contributed by atoms with Gasteiger partial charge in [0.05, 0.1) is 0 Å². The molecular formula is C12H16NO2. The van der Waals surface area contributed by atoms with Crippen LogP contribution in [0.2, 0.25) is 0 Å². The standard InChI is InChI=1S/C12H16NO2/c1-8(2)13-12(14)15-11-6-9(3)5-10(4)7-11/h5-8H,1H2,2-4H3,(H,13,14). The van der Waals surface area contributed by atoms with Gasteiger partial charge in [-0.15, -0.1) is 0 Å². The quantitative estimate of drug-likeness (QED) is 0.807. The Morgan fingerprint density at radius 1 is 1.33 bits per heavy atom. The van der Waals surface area contributed by atoms with Crippen molar-refractivity contribution in [2.45, 2.75) is 26.8 Å². The lowest BCUT2D eigenvalue weighted by atomic mass is 10.1. The Labute approximate surface area is 90.4 Å². The minimum atomic E-state index is -0.470. The molecule has 0 heterocycles. The van der Waals surface area contributed by atoms with E-state index in [1.54, 1.807) is 6.92 Å². The highest BCUT2D eigenvalue weighted by molar-refractivity contribution is 5.70. The normalized spacial score (nSPS) is 10.2. The lowest BCUT2D eigenvalue weighted by Crippen LogP contribution is -2.32. The number of ether oxygens (including phenoxy) is 1. The molecule has 3 heteroatoms. The fourth-order valence-electron chi connectivity index (χ4n) is 1.33. The number of amides is 1. The minimum absolute atomic E-state index is 0.164. The number of rotatable bonds is 2. The van der Waals surface area contributed by atoms with Gasteiger partial charge in [-0.3, -0.25) is 0 Å². The molecule has 0 spiro atoms. The second kappa shape index (κ2) is 4.82. The number of benzene rings is 1. The van der Waals surface area contributed by atoms with Crippen molar-refractivity contribution in [1.82, 2.24) is 5.32 Å².